The van der Waals surface area contributed by atoms with Crippen molar-refractivity contribution in [1.82, 2.24) is 14.5 Å². The highest BCUT2D eigenvalue weighted by atomic mass is 32.2. The number of carbonyl (C=O) groups is 1. The maximum Gasteiger partial charge on any atom is 0.320 e. The second-order valence-corrected chi connectivity index (χ2v) is 8.38. The number of ether oxygens (including phenoxy) is 3. The van der Waals surface area contributed by atoms with Gasteiger partial charge >= 0.3 is 5.97 Å². The van der Waals surface area contributed by atoms with Gasteiger partial charge in [0.05, 0.1) is 37.3 Å². The summed E-state index contributed by atoms with van der Waals surface area (Å²) < 4.78 is 18.3. The molecule has 1 atom stereocenters. The maximum atomic E-state index is 12.7. The molecule has 2 aromatic carbocycles. The number of pyridine rings is 1. The van der Waals surface area contributed by atoms with Crippen LogP contribution in [0.15, 0.2) is 55.0 Å². The van der Waals surface area contributed by atoms with E-state index in [1.807, 2.05) is 54.0 Å². The Balaban J connectivity index is 1.44. The molecular formula is C24H25N3O4S. The summed E-state index contributed by atoms with van der Waals surface area (Å²) in [6, 6.07) is 13.6. The number of nitrogens with zero attached hydrogens (tertiary/aromatic N) is 3. The molecule has 4 rings (SSSR count). The first-order chi connectivity index (χ1) is 15.6. The van der Waals surface area contributed by atoms with Crippen molar-refractivity contribution in [3.63, 3.8) is 0 Å². The second kappa shape index (κ2) is 9.91. The van der Waals surface area contributed by atoms with E-state index < -0.39 is 0 Å². The summed E-state index contributed by atoms with van der Waals surface area (Å²) in [5.74, 6) is 1.66. The molecule has 0 amide bonds. The molecule has 0 saturated heterocycles. The van der Waals surface area contributed by atoms with Crippen molar-refractivity contribution in [2.24, 2.45) is 0 Å². The molecule has 4 aromatic rings. The van der Waals surface area contributed by atoms with Crippen LogP contribution in [0.25, 0.3) is 21.8 Å². The number of carbonyl (C=O) groups excluding carboxylic acids is 1. The largest absolute Gasteiger partial charge is 0.493 e. The SMILES string of the molecule is CCC(SCc1nccc2cc(OC)c(OC)cc12)C(=O)OCn1cnc2ccccc21. The third kappa shape index (κ3) is 4.50. The first kappa shape index (κ1) is 22.0. The van der Waals surface area contributed by atoms with Gasteiger partial charge in [-0.05, 0) is 42.1 Å². The van der Waals surface area contributed by atoms with Crippen LogP contribution in [0.4, 0.5) is 0 Å². The average Bonchev–Trinajstić information content (AvgIpc) is 3.25. The van der Waals surface area contributed by atoms with E-state index in [2.05, 4.69) is 9.97 Å². The average molecular weight is 452 g/mol. The van der Waals surface area contributed by atoms with Crippen LogP contribution in [-0.2, 0) is 22.0 Å². The van der Waals surface area contributed by atoms with Crippen molar-refractivity contribution < 1.29 is 19.0 Å². The quantitative estimate of drug-likeness (QED) is 0.338. The van der Waals surface area contributed by atoms with Gasteiger partial charge < -0.3 is 14.2 Å². The van der Waals surface area contributed by atoms with Gasteiger partial charge in [0.15, 0.2) is 18.2 Å². The van der Waals surface area contributed by atoms with Gasteiger partial charge in [0.1, 0.15) is 5.25 Å². The fourth-order valence-electron chi connectivity index (χ4n) is 3.55. The topological polar surface area (TPSA) is 75.5 Å². The molecule has 0 radical (unpaired) electrons. The van der Waals surface area contributed by atoms with Gasteiger partial charge in [-0.3, -0.25) is 14.3 Å². The third-order valence-corrected chi connectivity index (χ3v) is 6.65. The molecule has 2 heterocycles. The van der Waals surface area contributed by atoms with Gasteiger partial charge in [-0.25, -0.2) is 4.98 Å². The number of para-hydroxylation sites is 2. The Labute approximate surface area is 190 Å². The Morgan fingerprint density at radius 2 is 1.88 bits per heavy atom. The summed E-state index contributed by atoms with van der Waals surface area (Å²) in [5, 5.41) is 1.70. The molecule has 0 fully saturated rings. The minimum Gasteiger partial charge on any atom is -0.493 e. The Bertz CT molecular complexity index is 1240. The van der Waals surface area contributed by atoms with E-state index in [0.29, 0.717) is 23.7 Å². The van der Waals surface area contributed by atoms with Crippen LogP contribution >= 0.6 is 11.8 Å². The van der Waals surface area contributed by atoms with Crippen LogP contribution < -0.4 is 9.47 Å². The Hall–Kier alpha value is -3.26. The van der Waals surface area contributed by atoms with Gasteiger partial charge in [-0.15, -0.1) is 11.8 Å². The van der Waals surface area contributed by atoms with E-state index in [4.69, 9.17) is 14.2 Å². The molecule has 166 valence electrons. The van der Waals surface area contributed by atoms with Crippen molar-refractivity contribution in [3.05, 3.63) is 60.7 Å². The first-order valence-electron chi connectivity index (χ1n) is 10.3. The Kier molecular flexibility index (Phi) is 6.80. The van der Waals surface area contributed by atoms with Crippen molar-refractivity contribution >= 4 is 39.5 Å². The lowest BCUT2D eigenvalue weighted by molar-refractivity contribution is -0.146. The number of hydrogen-bond acceptors (Lipinski definition) is 7. The molecular weight excluding hydrogens is 426 g/mol. The normalized spacial score (nSPS) is 12.1. The van der Waals surface area contributed by atoms with Gasteiger partial charge in [-0.1, -0.05) is 19.1 Å². The number of aromatic nitrogens is 3. The lowest BCUT2D eigenvalue weighted by atomic mass is 10.1. The van der Waals surface area contributed by atoms with Gasteiger partial charge in [-0.2, -0.15) is 0 Å². The lowest BCUT2D eigenvalue weighted by Gasteiger charge is -2.15. The molecule has 2 aromatic heterocycles. The number of esters is 1. The number of imidazole rings is 1. The summed E-state index contributed by atoms with van der Waals surface area (Å²) in [6.45, 7) is 2.12. The van der Waals surface area contributed by atoms with E-state index >= 15 is 0 Å². The Morgan fingerprint density at radius 3 is 2.66 bits per heavy atom. The summed E-state index contributed by atoms with van der Waals surface area (Å²) in [4.78, 5) is 21.6. The number of fused-ring (bicyclic) bond motifs is 2. The van der Waals surface area contributed by atoms with Crippen molar-refractivity contribution in [1.29, 1.82) is 0 Å². The van der Waals surface area contributed by atoms with Crippen molar-refractivity contribution in [2.75, 3.05) is 14.2 Å². The van der Waals surface area contributed by atoms with Crippen LogP contribution in [0.2, 0.25) is 0 Å². The van der Waals surface area contributed by atoms with E-state index in [0.717, 1.165) is 27.5 Å². The van der Waals surface area contributed by atoms with Gasteiger partial charge in [0, 0.05) is 17.3 Å². The zero-order chi connectivity index (χ0) is 22.5. The maximum absolute atomic E-state index is 12.7. The van der Waals surface area contributed by atoms with Crippen molar-refractivity contribution in [2.45, 2.75) is 31.1 Å². The molecule has 0 aliphatic carbocycles. The number of thioether (sulfide) groups is 1. The molecule has 0 bridgehead atoms. The summed E-state index contributed by atoms with van der Waals surface area (Å²) in [7, 11) is 3.23. The highest BCUT2D eigenvalue weighted by molar-refractivity contribution is 7.99. The van der Waals surface area contributed by atoms with Gasteiger partial charge in [0.25, 0.3) is 0 Å². The van der Waals surface area contributed by atoms with Crippen LogP contribution in [0.5, 0.6) is 11.5 Å². The molecule has 32 heavy (non-hydrogen) atoms. The fourth-order valence-corrected chi connectivity index (χ4v) is 4.57. The van der Waals surface area contributed by atoms with E-state index in [-0.39, 0.29) is 18.0 Å². The fraction of sp³-hybridized carbons (Fsp3) is 0.292. The number of benzene rings is 2. The minimum absolute atomic E-state index is 0.139. The Morgan fingerprint density at radius 1 is 1.09 bits per heavy atom. The number of rotatable bonds is 9. The lowest BCUT2D eigenvalue weighted by Crippen LogP contribution is -2.21. The van der Waals surface area contributed by atoms with Crippen LogP contribution in [-0.4, -0.2) is 40.0 Å². The van der Waals surface area contributed by atoms with Crippen LogP contribution in [0, 0.1) is 0 Å². The zero-order valence-corrected chi connectivity index (χ0v) is 19.1. The molecule has 1 unspecified atom stereocenters. The monoisotopic (exact) mass is 451 g/mol. The molecule has 7 nitrogen and oxygen atoms in total. The molecule has 8 heteroatoms. The van der Waals surface area contributed by atoms with E-state index in [1.165, 1.54) is 11.8 Å². The smallest absolute Gasteiger partial charge is 0.320 e. The molecule has 0 aliphatic rings. The minimum atomic E-state index is -0.290. The van der Waals surface area contributed by atoms with Crippen LogP contribution in [0.3, 0.4) is 0 Å². The summed E-state index contributed by atoms with van der Waals surface area (Å²) in [5.41, 5.74) is 2.70. The third-order valence-electron chi connectivity index (χ3n) is 5.28. The molecule has 0 N–H and O–H groups in total. The number of hydrogen-bond donors (Lipinski definition) is 0. The van der Waals surface area contributed by atoms with Gasteiger partial charge in [0.2, 0.25) is 0 Å². The van der Waals surface area contributed by atoms with Crippen LogP contribution in [0.1, 0.15) is 19.0 Å². The second-order valence-electron chi connectivity index (χ2n) is 7.19. The van der Waals surface area contributed by atoms with E-state index in [9.17, 15) is 4.79 Å². The summed E-state index contributed by atoms with van der Waals surface area (Å²) in [6.07, 6.45) is 4.12. The molecule has 0 aliphatic heterocycles. The summed E-state index contributed by atoms with van der Waals surface area (Å²) >= 11 is 1.53. The van der Waals surface area contributed by atoms with Crippen molar-refractivity contribution in [3.8, 4) is 11.5 Å². The number of methoxy groups -OCH3 is 2. The first-order valence-corrected chi connectivity index (χ1v) is 11.4. The predicted molar refractivity (Wildman–Crippen MR) is 126 cm³/mol. The highest BCUT2D eigenvalue weighted by Gasteiger charge is 2.20. The molecule has 0 saturated carbocycles. The predicted octanol–water partition coefficient (Wildman–Crippen LogP) is 4.81. The van der Waals surface area contributed by atoms with E-state index in [1.54, 1.807) is 26.7 Å². The highest BCUT2D eigenvalue weighted by Crippen LogP contribution is 2.34. The zero-order valence-electron chi connectivity index (χ0n) is 18.3. The molecule has 0 spiro atoms. The standard InChI is InChI=1S/C24H25N3O4S/c1-4-23(24(28)31-15-27-14-26-18-7-5-6-8-20(18)27)32-13-19-17-12-22(30-3)21(29-2)11-16(17)9-10-25-19/h5-12,14,23H,4,13,15H2,1-3H3.